The molecule has 2 aromatic rings. The first-order chi connectivity index (χ1) is 11.8. The van der Waals surface area contributed by atoms with Crippen LogP contribution in [0.1, 0.15) is 41.1 Å². The first kappa shape index (κ1) is 17.0. The SMILES string of the molecule is CC(=O)N1CC[C@H](c2cc(-c3cc(F)ccc3C(=O)O)nc(C)n2)C1. The number of rotatable bonds is 3. The average molecular weight is 343 g/mol. The van der Waals surface area contributed by atoms with Crippen LogP contribution in [0, 0.1) is 12.7 Å². The maximum Gasteiger partial charge on any atom is 0.336 e. The van der Waals surface area contributed by atoms with Gasteiger partial charge in [-0.05, 0) is 37.6 Å². The molecule has 1 aromatic heterocycles. The number of aromatic carboxylic acids is 1. The maximum atomic E-state index is 13.7. The Hall–Kier alpha value is -2.83. The van der Waals surface area contributed by atoms with Crippen molar-refractivity contribution in [2.75, 3.05) is 13.1 Å². The number of carbonyl (C=O) groups excluding carboxylic acids is 1. The van der Waals surface area contributed by atoms with Gasteiger partial charge in [0.2, 0.25) is 5.91 Å². The van der Waals surface area contributed by atoms with Crippen molar-refractivity contribution in [1.29, 1.82) is 0 Å². The number of amides is 1. The third-order valence-corrected chi connectivity index (χ3v) is 4.40. The van der Waals surface area contributed by atoms with Crippen molar-refractivity contribution in [3.63, 3.8) is 0 Å². The lowest BCUT2D eigenvalue weighted by atomic mass is 9.99. The fourth-order valence-corrected chi connectivity index (χ4v) is 3.14. The van der Waals surface area contributed by atoms with Gasteiger partial charge in [-0.2, -0.15) is 0 Å². The zero-order valence-electron chi connectivity index (χ0n) is 14.0. The first-order valence-corrected chi connectivity index (χ1v) is 7.99. The molecule has 0 radical (unpaired) electrons. The van der Waals surface area contributed by atoms with Crippen LogP contribution in [0.25, 0.3) is 11.3 Å². The van der Waals surface area contributed by atoms with Gasteiger partial charge in [0, 0.05) is 37.2 Å². The molecule has 0 saturated carbocycles. The molecule has 7 heteroatoms. The molecular weight excluding hydrogens is 325 g/mol. The van der Waals surface area contributed by atoms with E-state index in [9.17, 15) is 19.1 Å². The smallest absolute Gasteiger partial charge is 0.336 e. The lowest BCUT2D eigenvalue weighted by Gasteiger charge is -2.15. The van der Waals surface area contributed by atoms with E-state index < -0.39 is 11.8 Å². The zero-order chi connectivity index (χ0) is 18.1. The molecule has 3 rings (SSSR count). The van der Waals surface area contributed by atoms with Crippen LogP contribution in [-0.4, -0.2) is 44.9 Å². The summed E-state index contributed by atoms with van der Waals surface area (Å²) in [6, 6.07) is 5.22. The number of halogens is 1. The molecule has 1 atom stereocenters. The fraction of sp³-hybridized carbons (Fsp3) is 0.333. The Morgan fingerprint density at radius 2 is 2.04 bits per heavy atom. The van der Waals surface area contributed by atoms with E-state index in [2.05, 4.69) is 9.97 Å². The predicted molar refractivity (Wildman–Crippen MR) is 88.7 cm³/mol. The summed E-state index contributed by atoms with van der Waals surface area (Å²) in [4.78, 5) is 33.5. The summed E-state index contributed by atoms with van der Waals surface area (Å²) >= 11 is 0. The van der Waals surface area contributed by atoms with Gasteiger partial charge >= 0.3 is 5.97 Å². The number of aryl methyl sites for hydroxylation is 1. The molecular formula is C18H18FN3O3. The molecule has 0 unspecified atom stereocenters. The Bertz CT molecular complexity index is 853. The lowest BCUT2D eigenvalue weighted by Crippen LogP contribution is -2.25. The predicted octanol–water partition coefficient (Wildman–Crippen LogP) is 2.63. The molecule has 1 aromatic carbocycles. The second-order valence-electron chi connectivity index (χ2n) is 6.17. The van der Waals surface area contributed by atoms with E-state index in [0.29, 0.717) is 24.6 Å². The largest absolute Gasteiger partial charge is 0.478 e. The molecule has 0 bridgehead atoms. The third-order valence-electron chi connectivity index (χ3n) is 4.40. The quantitative estimate of drug-likeness (QED) is 0.926. The van der Waals surface area contributed by atoms with E-state index in [-0.39, 0.29) is 23.0 Å². The molecule has 1 aliphatic rings. The molecule has 130 valence electrons. The Kier molecular flexibility index (Phi) is 4.48. The molecule has 1 N–H and O–H groups in total. The van der Waals surface area contributed by atoms with Crippen molar-refractivity contribution in [2.45, 2.75) is 26.2 Å². The minimum Gasteiger partial charge on any atom is -0.478 e. The molecule has 2 heterocycles. The van der Waals surface area contributed by atoms with E-state index in [1.54, 1.807) is 17.9 Å². The van der Waals surface area contributed by atoms with Gasteiger partial charge in [0.15, 0.2) is 0 Å². The molecule has 0 aliphatic carbocycles. The summed E-state index contributed by atoms with van der Waals surface area (Å²) in [6.07, 6.45) is 0.782. The van der Waals surface area contributed by atoms with Crippen LogP contribution in [0.5, 0.6) is 0 Å². The normalized spacial score (nSPS) is 16.9. The van der Waals surface area contributed by atoms with Gasteiger partial charge in [-0.3, -0.25) is 4.79 Å². The van der Waals surface area contributed by atoms with E-state index in [0.717, 1.165) is 18.2 Å². The van der Waals surface area contributed by atoms with Gasteiger partial charge in [0.1, 0.15) is 11.6 Å². The molecule has 1 fully saturated rings. The highest BCUT2D eigenvalue weighted by molar-refractivity contribution is 5.95. The zero-order valence-corrected chi connectivity index (χ0v) is 14.0. The topological polar surface area (TPSA) is 83.4 Å². The lowest BCUT2D eigenvalue weighted by molar-refractivity contribution is -0.127. The number of hydrogen-bond donors (Lipinski definition) is 1. The Morgan fingerprint density at radius 1 is 1.28 bits per heavy atom. The second-order valence-corrected chi connectivity index (χ2v) is 6.17. The Labute approximate surface area is 144 Å². The number of aromatic nitrogens is 2. The van der Waals surface area contributed by atoms with E-state index in [1.165, 1.54) is 19.1 Å². The monoisotopic (exact) mass is 343 g/mol. The highest BCUT2D eigenvalue weighted by Gasteiger charge is 2.27. The number of benzene rings is 1. The summed E-state index contributed by atoms with van der Waals surface area (Å²) in [7, 11) is 0. The van der Waals surface area contributed by atoms with E-state index in [4.69, 9.17) is 0 Å². The molecule has 25 heavy (non-hydrogen) atoms. The van der Waals surface area contributed by atoms with Gasteiger partial charge in [-0.15, -0.1) is 0 Å². The molecule has 0 spiro atoms. The van der Waals surface area contributed by atoms with E-state index >= 15 is 0 Å². The summed E-state index contributed by atoms with van der Waals surface area (Å²) in [5.74, 6) is -1.11. The van der Waals surface area contributed by atoms with Crippen LogP contribution in [0.4, 0.5) is 4.39 Å². The van der Waals surface area contributed by atoms with Crippen molar-refractivity contribution in [3.8, 4) is 11.3 Å². The average Bonchev–Trinajstić information content (AvgIpc) is 3.04. The Morgan fingerprint density at radius 3 is 2.68 bits per heavy atom. The van der Waals surface area contributed by atoms with Gasteiger partial charge < -0.3 is 10.0 Å². The van der Waals surface area contributed by atoms with Crippen LogP contribution >= 0.6 is 0 Å². The Balaban J connectivity index is 2.03. The molecule has 6 nitrogen and oxygen atoms in total. The van der Waals surface area contributed by atoms with Gasteiger partial charge in [0.25, 0.3) is 0 Å². The number of carboxylic acid groups (broad SMARTS) is 1. The minimum atomic E-state index is -1.14. The fourth-order valence-electron chi connectivity index (χ4n) is 3.14. The van der Waals surface area contributed by atoms with Crippen molar-refractivity contribution in [1.82, 2.24) is 14.9 Å². The minimum absolute atomic E-state index is 0.0118. The van der Waals surface area contributed by atoms with Gasteiger partial charge in [-0.25, -0.2) is 19.2 Å². The molecule has 1 saturated heterocycles. The van der Waals surface area contributed by atoms with Crippen LogP contribution in [0.15, 0.2) is 24.3 Å². The van der Waals surface area contributed by atoms with Crippen LogP contribution < -0.4 is 0 Å². The standard InChI is InChI=1S/C18H18FN3O3/c1-10-20-16(12-5-6-22(9-12)11(2)23)8-17(21-10)15-7-13(19)3-4-14(15)18(24)25/h3-4,7-8,12H,5-6,9H2,1-2H3,(H,24,25)/t12-/m0/s1. The highest BCUT2D eigenvalue weighted by atomic mass is 19.1. The van der Waals surface area contributed by atoms with Crippen molar-refractivity contribution in [3.05, 3.63) is 47.2 Å². The van der Waals surface area contributed by atoms with Crippen molar-refractivity contribution >= 4 is 11.9 Å². The molecule has 1 aliphatic heterocycles. The highest BCUT2D eigenvalue weighted by Crippen LogP contribution is 2.30. The summed E-state index contributed by atoms with van der Waals surface area (Å²) < 4.78 is 13.7. The summed E-state index contributed by atoms with van der Waals surface area (Å²) in [5.41, 5.74) is 1.33. The van der Waals surface area contributed by atoms with Crippen LogP contribution in [0.2, 0.25) is 0 Å². The second kappa shape index (κ2) is 6.58. The summed E-state index contributed by atoms with van der Waals surface area (Å²) in [6.45, 7) is 4.48. The van der Waals surface area contributed by atoms with Crippen molar-refractivity contribution < 1.29 is 19.1 Å². The van der Waals surface area contributed by atoms with Gasteiger partial charge in [0.05, 0.1) is 11.3 Å². The summed E-state index contributed by atoms with van der Waals surface area (Å²) in [5, 5.41) is 9.35. The first-order valence-electron chi connectivity index (χ1n) is 7.99. The van der Waals surface area contributed by atoms with Gasteiger partial charge in [-0.1, -0.05) is 0 Å². The van der Waals surface area contributed by atoms with Crippen molar-refractivity contribution in [2.24, 2.45) is 0 Å². The maximum absolute atomic E-state index is 13.7. The third kappa shape index (κ3) is 3.50. The number of carboxylic acids is 1. The number of likely N-dealkylation sites (tertiary alicyclic amines) is 1. The number of hydrogen-bond acceptors (Lipinski definition) is 4. The van der Waals surface area contributed by atoms with Crippen LogP contribution in [-0.2, 0) is 4.79 Å². The number of nitrogens with zero attached hydrogens (tertiary/aromatic N) is 3. The van der Waals surface area contributed by atoms with E-state index in [1.807, 2.05) is 0 Å². The van der Waals surface area contributed by atoms with Crippen LogP contribution in [0.3, 0.4) is 0 Å². The molecule has 1 amide bonds. The number of carbonyl (C=O) groups is 2.